The molecule has 0 radical (unpaired) electrons. The van der Waals surface area contributed by atoms with Gasteiger partial charge in [0.15, 0.2) is 0 Å². The molecule has 0 nitrogen and oxygen atoms in total. The van der Waals surface area contributed by atoms with Gasteiger partial charge in [0, 0.05) is 0 Å². The van der Waals surface area contributed by atoms with Gasteiger partial charge in [0.1, 0.15) is 0 Å². The quantitative estimate of drug-likeness (QED) is 0.435. The van der Waals surface area contributed by atoms with Crippen LogP contribution in [0, 0.1) is 5.92 Å². The molecule has 0 aliphatic heterocycles. The van der Waals surface area contributed by atoms with Crippen molar-refractivity contribution >= 4 is 0 Å². The molecule has 0 aromatic rings. The fourth-order valence-electron chi connectivity index (χ4n) is 1.11. The van der Waals surface area contributed by atoms with Crippen LogP contribution < -0.4 is 0 Å². The van der Waals surface area contributed by atoms with E-state index >= 15 is 0 Å². The van der Waals surface area contributed by atoms with Gasteiger partial charge in [-0.2, -0.15) is 0 Å². The molecule has 0 aliphatic rings. The van der Waals surface area contributed by atoms with Crippen molar-refractivity contribution in [2.24, 2.45) is 5.92 Å². The summed E-state index contributed by atoms with van der Waals surface area (Å²) in [6, 6.07) is 0. The Morgan fingerprint density at radius 3 is 2.08 bits per heavy atom. The SMILES string of the molecule is C=C(C)C(C)=C(C)C(C)C=CC. The van der Waals surface area contributed by atoms with Crippen LogP contribution in [-0.2, 0) is 0 Å². The summed E-state index contributed by atoms with van der Waals surface area (Å²) in [6.07, 6.45) is 4.31. The second-order valence-corrected chi connectivity index (χ2v) is 3.40. The monoisotopic (exact) mass is 164 g/mol. The molecule has 0 bridgehead atoms. The van der Waals surface area contributed by atoms with E-state index in [1.165, 1.54) is 16.7 Å². The van der Waals surface area contributed by atoms with Crippen molar-refractivity contribution in [2.75, 3.05) is 0 Å². The average molecular weight is 164 g/mol. The maximum absolute atomic E-state index is 3.94. The predicted octanol–water partition coefficient (Wildman–Crippen LogP) is 4.11. The molecule has 0 aromatic heterocycles. The van der Waals surface area contributed by atoms with Gasteiger partial charge in [0.05, 0.1) is 0 Å². The Balaban J connectivity index is 4.65. The second-order valence-electron chi connectivity index (χ2n) is 3.40. The summed E-state index contributed by atoms with van der Waals surface area (Å²) in [6.45, 7) is 14.6. The van der Waals surface area contributed by atoms with E-state index in [-0.39, 0.29) is 0 Å². The molecule has 0 N–H and O–H groups in total. The third kappa shape index (κ3) is 3.08. The first-order chi connectivity index (χ1) is 5.50. The summed E-state index contributed by atoms with van der Waals surface area (Å²) in [5.41, 5.74) is 3.92. The minimum atomic E-state index is 0.534. The van der Waals surface area contributed by atoms with Gasteiger partial charge in [-0.3, -0.25) is 0 Å². The smallest absolute Gasteiger partial charge is 0.00487 e. The van der Waals surface area contributed by atoms with Gasteiger partial charge in [-0.1, -0.05) is 36.8 Å². The summed E-state index contributed by atoms with van der Waals surface area (Å²) in [4.78, 5) is 0. The van der Waals surface area contributed by atoms with E-state index in [9.17, 15) is 0 Å². The van der Waals surface area contributed by atoms with Crippen LogP contribution >= 0.6 is 0 Å². The second kappa shape index (κ2) is 4.97. The Morgan fingerprint density at radius 1 is 1.25 bits per heavy atom. The van der Waals surface area contributed by atoms with Crippen LogP contribution in [-0.4, -0.2) is 0 Å². The van der Waals surface area contributed by atoms with Crippen molar-refractivity contribution in [3.8, 4) is 0 Å². The van der Waals surface area contributed by atoms with E-state index in [1.807, 2.05) is 0 Å². The molecule has 0 heteroatoms. The summed E-state index contributed by atoms with van der Waals surface area (Å²) >= 11 is 0. The van der Waals surface area contributed by atoms with Crippen LogP contribution in [0.5, 0.6) is 0 Å². The Morgan fingerprint density at radius 2 is 1.75 bits per heavy atom. The molecule has 1 unspecified atom stereocenters. The first-order valence-corrected chi connectivity index (χ1v) is 4.46. The highest BCUT2D eigenvalue weighted by atomic mass is 14.1. The van der Waals surface area contributed by atoms with Crippen LogP contribution in [0.15, 0.2) is 35.5 Å². The van der Waals surface area contributed by atoms with Crippen molar-refractivity contribution in [3.05, 3.63) is 35.5 Å². The van der Waals surface area contributed by atoms with Crippen LogP contribution in [0.2, 0.25) is 0 Å². The first-order valence-electron chi connectivity index (χ1n) is 4.46. The van der Waals surface area contributed by atoms with Crippen LogP contribution in [0.4, 0.5) is 0 Å². The van der Waals surface area contributed by atoms with Gasteiger partial charge in [-0.05, 0) is 39.2 Å². The van der Waals surface area contributed by atoms with Crippen molar-refractivity contribution in [3.63, 3.8) is 0 Å². The Labute approximate surface area is 76.7 Å². The molecule has 0 spiro atoms. The average Bonchev–Trinajstić information content (AvgIpc) is 2.02. The van der Waals surface area contributed by atoms with Crippen LogP contribution in [0.25, 0.3) is 0 Å². The zero-order valence-electron chi connectivity index (χ0n) is 8.94. The fraction of sp³-hybridized carbons (Fsp3) is 0.500. The van der Waals surface area contributed by atoms with Gasteiger partial charge >= 0.3 is 0 Å². The van der Waals surface area contributed by atoms with Crippen molar-refractivity contribution in [1.29, 1.82) is 0 Å². The lowest BCUT2D eigenvalue weighted by Crippen LogP contribution is -1.95. The topological polar surface area (TPSA) is 0 Å². The van der Waals surface area contributed by atoms with Gasteiger partial charge in [-0.25, -0.2) is 0 Å². The molecule has 0 amide bonds. The summed E-state index contributed by atoms with van der Waals surface area (Å²) in [5, 5.41) is 0. The van der Waals surface area contributed by atoms with Crippen molar-refractivity contribution in [1.82, 2.24) is 0 Å². The predicted molar refractivity (Wildman–Crippen MR) is 57.2 cm³/mol. The molecular weight excluding hydrogens is 144 g/mol. The molecule has 68 valence electrons. The summed E-state index contributed by atoms with van der Waals surface area (Å²) < 4.78 is 0. The van der Waals surface area contributed by atoms with Gasteiger partial charge < -0.3 is 0 Å². The zero-order valence-corrected chi connectivity index (χ0v) is 8.94. The molecule has 0 saturated heterocycles. The molecular formula is C12H20. The van der Waals surface area contributed by atoms with Crippen molar-refractivity contribution in [2.45, 2.75) is 34.6 Å². The maximum atomic E-state index is 3.94. The van der Waals surface area contributed by atoms with E-state index in [4.69, 9.17) is 0 Å². The molecule has 1 atom stereocenters. The maximum Gasteiger partial charge on any atom is -0.00487 e. The molecule has 0 heterocycles. The van der Waals surface area contributed by atoms with Gasteiger partial charge in [0.2, 0.25) is 0 Å². The van der Waals surface area contributed by atoms with Gasteiger partial charge in [0.25, 0.3) is 0 Å². The highest BCUT2D eigenvalue weighted by molar-refractivity contribution is 5.31. The third-order valence-corrected chi connectivity index (χ3v) is 2.40. The molecule has 0 aromatic carbocycles. The van der Waals surface area contributed by atoms with Crippen LogP contribution in [0.1, 0.15) is 34.6 Å². The highest BCUT2D eigenvalue weighted by Gasteiger charge is 2.03. The lowest BCUT2D eigenvalue weighted by atomic mass is 9.94. The van der Waals surface area contributed by atoms with Crippen molar-refractivity contribution < 1.29 is 0 Å². The Bertz CT molecular complexity index is 216. The lowest BCUT2D eigenvalue weighted by Gasteiger charge is -2.11. The van der Waals surface area contributed by atoms with Gasteiger partial charge in [-0.15, -0.1) is 0 Å². The van der Waals surface area contributed by atoms with Crippen LogP contribution in [0.3, 0.4) is 0 Å². The molecule has 12 heavy (non-hydrogen) atoms. The minimum Gasteiger partial charge on any atom is -0.0959 e. The fourth-order valence-corrected chi connectivity index (χ4v) is 1.11. The molecule has 0 rings (SSSR count). The minimum absolute atomic E-state index is 0.534. The highest BCUT2D eigenvalue weighted by Crippen LogP contribution is 2.19. The molecule has 0 aliphatic carbocycles. The number of rotatable bonds is 3. The van der Waals surface area contributed by atoms with E-state index in [0.29, 0.717) is 5.92 Å². The van der Waals surface area contributed by atoms with E-state index in [0.717, 1.165) is 0 Å². The molecule has 0 fully saturated rings. The van der Waals surface area contributed by atoms with E-state index in [2.05, 4.69) is 53.3 Å². The number of allylic oxidation sites excluding steroid dienone is 5. The number of hydrogen-bond acceptors (Lipinski definition) is 0. The lowest BCUT2D eigenvalue weighted by molar-refractivity contribution is 0.845. The third-order valence-electron chi connectivity index (χ3n) is 2.40. The zero-order chi connectivity index (χ0) is 9.72. The largest absolute Gasteiger partial charge is 0.0959 e. The Kier molecular flexibility index (Phi) is 4.65. The Hall–Kier alpha value is -0.780. The number of hydrogen-bond donors (Lipinski definition) is 0. The normalized spacial score (nSPS) is 16.1. The molecule has 0 saturated carbocycles. The van der Waals surface area contributed by atoms with E-state index in [1.54, 1.807) is 0 Å². The summed E-state index contributed by atoms with van der Waals surface area (Å²) in [5.74, 6) is 0.534. The standard InChI is InChI=1S/C12H20/c1-7-8-10(4)12(6)11(5)9(2)3/h7-8,10H,2H2,1,3-6H3. The van der Waals surface area contributed by atoms with E-state index < -0.39 is 0 Å². The summed E-state index contributed by atoms with van der Waals surface area (Å²) in [7, 11) is 0. The first kappa shape index (κ1) is 11.2.